The highest BCUT2D eigenvalue weighted by Gasteiger charge is 2.03. The van der Waals surface area contributed by atoms with Gasteiger partial charge in [-0.15, -0.1) is 0 Å². The third-order valence-corrected chi connectivity index (χ3v) is 2.81. The number of rotatable bonds is 3. The Morgan fingerprint density at radius 3 is 2.83 bits per heavy atom. The van der Waals surface area contributed by atoms with Crippen molar-refractivity contribution in [2.24, 2.45) is 7.05 Å². The van der Waals surface area contributed by atoms with Gasteiger partial charge in [0.25, 0.3) is 0 Å². The molecule has 94 valence electrons. The van der Waals surface area contributed by atoms with Crippen LogP contribution in [-0.4, -0.2) is 4.57 Å². The standard InChI is InChI=1S/C13H12ClFN2O/c1-17-8-11(3-5-13(17)18)16-7-9-6-10(14)2-4-12(9)15/h2-6,8,16H,7H2,1H3. The molecule has 0 amide bonds. The molecule has 18 heavy (non-hydrogen) atoms. The van der Waals surface area contributed by atoms with E-state index in [1.165, 1.54) is 22.8 Å². The number of aryl methyl sites for hydroxylation is 1. The summed E-state index contributed by atoms with van der Waals surface area (Å²) in [7, 11) is 1.66. The molecular formula is C13H12ClFN2O. The maximum absolute atomic E-state index is 13.5. The smallest absolute Gasteiger partial charge is 0.250 e. The molecule has 5 heteroatoms. The lowest BCUT2D eigenvalue weighted by Gasteiger charge is -2.08. The van der Waals surface area contributed by atoms with Crippen molar-refractivity contribution in [2.45, 2.75) is 6.54 Å². The lowest BCUT2D eigenvalue weighted by atomic mass is 10.2. The zero-order valence-electron chi connectivity index (χ0n) is 9.78. The van der Waals surface area contributed by atoms with E-state index < -0.39 is 0 Å². The van der Waals surface area contributed by atoms with Crippen molar-refractivity contribution < 1.29 is 4.39 Å². The topological polar surface area (TPSA) is 34.0 Å². The number of aromatic nitrogens is 1. The van der Waals surface area contributed by atoms with Crippen LogP contribution in [0.1, 0.15) is 5.56 Å². The molecule has 0 radical (unpaired) electrons. The summed E-state index contributed by atoms with van der Waals surface area (Å²) in [6.07, 6.45) is 1.66. The van der Waals surface area contributed by atoms with Crippen molar-refractivity contribution in [1.29, 1.82) is 0 Å². The van der Waals surface area contributed by atoms with Gasteiger partial charge >= 0.3 is 0 Å². The van der Waals surface area contributed by atoms with Crippen LogP contribution < -0.4 is 10.9 Å². The third kappa shape index (κ3) is 2.90. The number of halogens is 2. The van der Waals surface area contributed by atoms with Gasteiger partial charge in [0.05, 0.1) is 5.69 Å². The average molecular weight is 267 g/mol. The molecule has 0 atom stereocenters. The second-order valence-corrected chi connectivity index (χ2v) is 4.39. The van der Waals surface area contributed by atoms with Crippen molar-refractivity contribution in [2.75, 3.05) is 5.32 Å². The van der Waals surface area contributed by atoms with Gasteiger partial charge in [-0.2, -0.15) is 0 Å². The molecule has 0 fully saturated rings. The van der Waals surface area contributed by atoms with E-state index in [-0.39, 0.29) is 11.4 Å². The first-order chi connectivity index (χ1) is 8.56. The highest BCUT2D eigenvalue weighted by atomic mass is 35.5. The van der Waals surface area contributed by atoms with E-state index in [9.17, 15) is 9.18 Å². The molecule has 0 unspecified atom stereocenters. The van der Waals surface area contributed by atoms with E-state index >= 15 is 0 Å². The van der Waals surface area contributed by atoms with Crippen molar-refractivity contribution in [3.63, 3.8) is 0 Å². The van der Waals surface area contributed by atoms with E-state index in [1.54, 1.807) is 25.4 Å². The first kappa shape index (κ1) is 12.6. The summed E-state index contributed by atoms with van der Waals surface area (Å²) in [5.74, 6) is -0.309. The number of hydrogen-bond donors (Lipinski definition) is 1. The molecule has 0 aliphatic heterocycles. The number of pyridine rings is 1. The molecule has 0 spiro atoms. The van der Waals surface area contributed by atoms with Gasteiger partial charge < -0.3 is 9.88 Å². The zero-order valence-corrected chi connectivity index (χ0v) is 10.5. The van der Waals surface area contributed by atoms with Crippen LogP contribution >= 0.6 is 11.6 Å². The fourth-order valence-corrected chi connectivity index (χ4v) is 1.77. The molecule has 1 aromatic heterocycles. The van der Waals surface area contributed by atoms with Gasteiger partial charge in [0.2, 0.25) is 5.56 Å². The van der Waals surface area contributed by atoms with Crippen LogP contribution in [0, 0.1) is 5.82 Å². The fourth-order valence-electron chi connectivity index (χ4n) is 1.57. The Bertz CT molecular complexity index is 625. The predicted octanol–water partition coefficient (Wildman–Crippen LogP) is 2.79. The number of hydrogen-bond acceptors (Lipinski definition) is 2. The number of benzene rings is 1. The van der Waals surface area contributed by atoms with Crippen LogP contribution in [-0.2, 0) is 13.6 Å². The highest BCUT2D eigenvalue weighted by Crippen LogP contribution is 2.16. The van der Waals surface area contributed by atoms with Crippen molar-refractivity contribution in [3.05, 3.63) is 63.3 Å². The van der Waals surface area contributed by atoms with E-state index in [4.69, 9.17) is 11.6 Å². The Labute approximate surface area is 109 Å². The minimum Gasteiger partial charge on any atom is -0.380 e. The minimum atomic E-state index is -0.309. The predicted molar refractivity (Wildman–Crippen MR) is 70.4 cm³/mol. The van der Waals surface area contributed by atoms with Crippen LogP contribution in [0.3, 0.4) is 0 Å². The van der Waals surface area contributed by atoms with Crippen molar-refractivity contribution >= 4 is 17.3 Å². The maximum atomic E-state index is 13.5. The molecule has 0 aliphatic carbocycles. The monoisotopic (exact) mass is 266 g/mol. The Morgan fingerprint density at radius 1 is 1.33 bits per heavy atom. The van der Waals surface area contributed by atoms with E-state index in [2.05, 4.69) is 5.32 Å². The quantitative estimate of drug-likeness (QED) is 0.927. The summed E-state index contributed by atoms with van der Waals surface area (Å²) >= 11 is 5.80. The highest BCUT2D eigenvalue weighted by molar-refractivity contribution is 6.30. The molecule has 1 heterocycles. The average Bonchev–Trinajstić information content (AvgIpc) is 2.34. The van der Waals surface area contributed by atoms with Gasteiger partial charge in [-0.1, -0.05) is 11.6 Å². The zero-order chi connectivity index (χ0) is 13.1. The third-order valence-electron chi connectivity index (χ3n) is 2.58. The van der Waals surface area contributed by atoms with E-state index in [0.717, 1.165) is 5.69 Å². The minimum absolute atomic E-state index is 0.0884. The summed E-state index contributed by atoms with van der Waals surface area (Å²) in [5.41, 5.74) is 1.14. The lowest BCUT2D eigenvalue weighted by Crippen LogP contribution is -2.15. The van der Waals surface area contributed by atoms with Gasteiger partial charge in [-0.3, -0.25) is 4.79 Å². The number of nitrogens with one attached hydrogen (secondary N) is 1. The molecule has 1 N–H and O–H groups in total. The maximum Gasteiger partial charge on any atom is 0.250 e. The normalized spacial score (nSPS) is 10.4. The molecule has 0 saturated carbocycles. The molecule has 0 bridgehead atoms. The Hall–Kier alpha value is -1.81. The van der Waals surface area contributed by atoms with Crippen molar-refractivity contribution in [1.82, 2.24) is 4.57 Å². The second-order valence-electron chi connectivity index (χ2n) is 3.96. The van der Waals surface area contributed by atoms with Crippen molar-refractivity contribution in [3.8, 4) is 0 Å². The van der Waals surface area contributed by atoms with E-state index in [1.807, 2.05) is 0 Å². The van der Waals surface area contributed by atoms with Crippen LogP contribution in [0.25, 0.3) is 0 Å². The molecule has 0 saturated heterocycles. The summed E-state index contributed by atoms with van der Waals surface area (Å²) in [4.78, 5) is 11.2. The van der Waals surface area contributed by atoms with Crippen LogP contribution in [0.2, 0.25) is 5.02 Å². The summed E-state index contributed by atoms with van der Waals surface area (Å²) < 4.78 is 14.9. The summed E-state index contributed by atoms with van der Waals surface area (Å²) in [5, 5.41) is 3.53. The SMILES string of the molecule is Cn1cc(NCc2cc(Cl)ccc2F)ccc1=O. The van der Waals surface area contributed by atoms with Gasteiger partial charge in [0.15, 0.2) is 0 Å². The number of anilines is 1. The van der Waals surface area contributed by atoms with E-state index in [0.29, 0.717) is 17.1 Å². The lowest BCUT2D eigenvalue weighted by molar-refractivity contribution is 0.613. The van der Waals surface area contributed by atoms with Crippen LogP contribution in [0.4, 0.5) is 10.1 Å². The first-order valence-corrected chi connectivity index (χ1v) is 5.78. The Morgan fingerprint density at radius 2 is 2.11 bits per heavy atom. The second kappa shape index (κ2) is 5.23. The van der Waals surface area contributed by atoms with Gasteiger partial charge in [0, 0.05) is 36.4 Å². The van der Waals surface area contributed by atoms with Crippen LogP contribution in [0.5, 0.6) is 0 Å². The van der Waals surface area contributed by atoms with Gasteiger partial charge in [-0.05, 0) is 24.3 Å². The first-order valence-electron chi connectivity index (χ1n) is 5.41. The molecular weight excluding hydrogens is 255 g/mol. The van der Waals surface area contributed by atoms with Gasteiger partial charge in [-0.25, -0.2) is 4.39 Å². The molecule has 2 aromatic rings. The fraction of sp³-hybridized carbons (Fsp3) is 0.154. The Balaban J connectivity index is 2.13. The Kier molecular flexibility index (Phi) is 3.67. The summed E-state index contributed by atoms with van der Waals surface area (Å²) in [6.45, 7) is 0.310. The molecule has 1 aromatic carbocycles. The number of nitrogens with zero attached hydrogens (tertiary/aromatic N) is 1. The molecule has 3 nitrogen and oxygen atoms in total. The molecule has 2 rings (SSSR count). The summed E-state index contributed by atoms with van der Waals surface area (Å²) in [6, 6.07) is 7.53. The van der Waals surface area contributed by atoms with Crippen LogP contribution in [0.15, 0.2) is 41.3 Å². The molecule has 0 aliphatic rings. The van der Waals surface area contributed by atoms with Gasteiger partial charge in [0.1, 0.15) is 5.82 Å². The largest absolute Gasteiger partial charge is 0.380 e.